The average Bonchev–Trinajstić information content (AvgIpc) is 3.59. The monoisotopic (exact) mass is 640 g/mol. The molecule has 0 aromatic carbocycles. The van der Waals surface area contributed by atoms with Gasteiger partial charge in [-0.25, -0.2) is 0 Å². The average molecular weight is 640 g/mol. The highest BCUT2D eigenvalue weighted by Gasteiger charge is 2.51. The van der Waals surface area contributed by atoms with E-state index in [0.717, 1.165) is 32.1 Å². The Morgan fingerprint density at radius 3 is 1.33 bits per heavy atom. The largest absolute Gasteiger partial charge is 0.344 e. The lowest BCUT2D eigenvalue weighted by Gasteiger charge is -2.31. The zero-order valence-corrected chi connectivity index (χ0v) is 31.2. The molecule has 0 aromatic heterocycles. The number of hydrogen-bond donors (Lipinski definition) is 0. The summed E-state index contributed by atoms with van der Waals surface area (Å²) in [4.78, 5) is 2.36. The first-order valence-corrected chi connectivity index (χ1v) is 20.2. The number of rotatable bonds is 30. The van der Waals surface area contributed by atoms with Gasteiger partial charge in [0.2, 0.25) is 0 Å². The van der Waals surface area contributed by atoms with Crippen molar-refractivity contribution in [1.82, 2.24) is 4.90 Å². The minimum atomic E-state index is -0.309. The molecule has 2 fully saturated rings. The van der Waals surface area contributed by atoms with E-state index in [1.54, 1.807) is 0 Å². The van der Waals surface area contributed by atoms with E-state index in [9.17, 15) is 0 Å². The van der Waals surface area contributed by atoms with Crippen molar-refractivity contribution in [2.45, 2.75) is 211 Å². The Morgan fingerprint density at radius 1 is 0.500 bits per heavy atom. The smallest absolute Gasteiger partial charge is 0.169 e. The zero-order chi connectivity index (χ0) is 33.0. The van der Waals surface area contributed by atoms with Gasteiger partial charge in [0.25, 0.3) is 0 Å². The van der Waals surface area contributed by atoms with E-state index in [1.807, 2.05) is 0 Å². The van der Waals surface area contributed by atoms with Gasteiger partial charge in [0, 0.05) is 18.9 Å². The van der Waals surface area contributed by atoms with Crippen molar-refractivity contribution in [3.63, 3.8) is 0 Å². The van der Waals surface area contributed by atoms with Gasteiger partial charge >= 0.3 is 0 Å². The van der Waals surface area contributed by atoms with Crippen LogP contribution >= 0.6 is 0 Å². The standard InChI is InChI=1S/C43H77NO2/c1-5-7-9-11-13-15-17-19-21-23-25-27-29-31-33-35-37-43(45-41-38-40(44(3)4)39-42(41)46-43)36-34-32-30-28-26-24-22-20-18-16-14-12-10-8-6-2/h13-16,18-21,40-42H,5-12,17,22-39H2,1-4H3/b15-13-,16-14+,20-18-,21-19-/t40-,41-,42+,43?. The third-order valence-corrected chi connectivity index (χ3v) is 10.2. The van der Waals surface area contributed by atoms with E-state index in [-0.39, 0.29) is 5.79 Å². The number of ether oxygens (including phenoxy) is 2. The van der Waals surface area contributed by atoms with E-state index >= 15 is 0 Å². The zero-order valence-electron chi connectivity index (χ0n) is 31.2. The number of unbranched alkanes of at least 4 members (excludes halogenated alkanes) is 18. The van der Waals surface area contributed by atoms with E-state index in [0.29, 0.717) is 18.2 Å². The quantitative estimate of drug-likeness (QED) is 0.0443. The van der Waals surface area contributed by atoms with Gasteiger partial charge in [-0.2, -0.15) is 0 Å². The van der Waals surface area contributed by atoms with Crippen molar-refractivity contribution < 1.29 is 9.47 Å². The summed E-state index contributed by atoms with van der Waals surface area (Å²) in [6, 6.07) is 0.603. The van der Waals surface area contributed by atoms with Crippen molar-refractivity contribution >= 4 is 0 Å². The molecule has 0 N–H and O–H groups in total. The van der Waals surface area contributed by atoms with E-state index in [4.69, 9.17) is 9.47 Å². The van der Waals surface area contributed by atoms with Crippen LogP contribution in [0.1, 0.15) is 187 Å². The number of allylic oxidation sites excluding steroid dienone is 8. The van der Waals surface area contributed by atoms with Gasteiger partial charge in [-0.05, 0) is 97.6 Å². The summed E-state index contributed by atoms with van der Waals surface area (Å²) in [5.74, 6) is -0.309. The van der Waals surface area contributed by atoms with Gasteiger partial charge in [-0.3, -0.25) is 0 Å². The number of hydrogen-bond acceptors (Lipinski definition) is 3. The topological polar surface area (TPSA) is 21.7 Å². The van der Waals surface area contributed by atoms with Crippen LogP contribution in [-0.2, 0) is 9.47 Å². The minimum Gasteiger partial charge on any atom is -0.344 e. The molecule has 4 atom stereocenters. The van der Waals surface area contributed by atoms with Gasteiger partial charge in [-0.1, -0.05) is 140 Å². The minimum absolute atomic E-state index is 0.302. The molecule has 1 unspecified atom stereocenters. The van der Waals surface area contributed by atoms with Crippen molar-refractivity contribution in [3.8, 4) is 0 Å². The van der Waals surface area contributed by atoms with Crippen LogP contribution in [0.4, 0.5) is 0 Å². The van der Waals surface area contributed by atoms with Gasteiger partial charge in [0.05, 0.1) is 12.2 Å². The molecule has 0 amide bonds. The predicted molar refractivity (Wildman–Crippen MR) is 203 cm³/mol. The highest BCUT2D eigenvalue weighted by atomic mass is 16.8. The first-order valence-electron chi connectivity index (χ1n) is 20.2. The molecule has 1 saturated carbocycles. The molecular formula is C43H77NO2. The van der Waals surface area contributed by atoms with E-state index in [2.05, 4.69) is 81.5 Å². The molecule has 3 heteroatoms. The first-order chi connectivity index (χ1) is 22.6. The highest BCUT2D eigenvalue weighted by molar-refractivity contribution is 5.02. The van der Waals surface area contributed by atoms with Crippen LogP contribution in [-0.4, -0.2) is 43.0 Å². The Hall–Kier alpha value is -1.16. The lowest BCUT2D eigenvalue weighted by molar-refractivity contribution is -0.193. The molecule has 1 saturated heterocycles. The molecule has 3 nitrogen and oxygen atoms in total. The fourth-order valence-corrected chi connectivity index (χ4v) is 7.15. The summed E-state index contributed by atoms with van der Waals surface area (Å²) < 4.78 is 13.6. The molecule has 1 heterocycles. The molecule has 266 valence electrons. The summed E-state index contributed by atoms with van der Waals surface area (Å²) >= 11 is 0. The van der Waals surface area contributed by atoms with Gasteiger partial charge < -0.3 is 14.4 Å². The molecule has 0 bridgehead atoms. The van der Waals surface area contributed by atoms with Crippen LogP contribution < -0.4 is 0 Å². The van der Waals surface area contributed by atoms with Gasteiger partial charge in [-0.15, -0.1) is 0 Å². The predicted octanol–water partition coefficient (Wildman–Crippen LogP) is 13.2. The second-order valence-corrected chi connectivity index (χ2v) is 14.7. The van der Waals surface area contributed by atoms with Crippen LogP contribution in [0.3, 0.4) is 0 Å². The van der Waals surface area contributed by atoms with Gasteiger partial charge in [0.15, 0.2) is 5.79 Å². The summed E-state index contributed by atoms with van der Waals surface area (Å²) in [6.45, 7) is 4.54. The normalized spacial score (nSPS) is 23.5. The molecule has 2 rings (SSSR count). The van der Waals surface area contributed by atoms with Crippen LogP contribution in [0.25, 0.3) is 0 Å². The van der Waals surface area contributed by atoms with Gasteiger partial charge in [0.1, 0.15) is 0 Å². The Labute approximate surface area is 287 Å². The Morgan fingerprint density at radius 2 is 0.891 bits per heavy atom. The number of nitrogens with zero attached hydrogens (tertiary/aromatic N) is 1. The molecule has 1 aliphatic carbocycles. The molecule has 0 radical (unpaired) electrons. The summed E-state index contributed by atoms with van der Waals surface area (Å²) in [5.41, 5.74) is 0. The van der Waals surface area contributed by atoms with Crippen LogP contribution in [0.2, 0.25) is 0 Å². The summed E-state index contributed by atoms with van der Waals surface area (Å²) in [6.07, 6.45) is 53.5. The van der Waals surface area contributed by atoms with Crippen molar-refractivity contribution in [1.29, 1.82) is 0 Å². The van der Waals surface area contributed by atoms with Crippen LogP contribution in [0, 0.1) is 0 Å². The SMILES string of the molecule is CCCCC/C=C\C/C=C\CCCCCCCCC1(CCCCCCCC/C=C\C=C\CCCCC)O[C@H]2C[C@H](N(C)C)C[C@H]2O1. The molecule has 46 heavy (non-hydrogen) atoms. The lowest BCUT2D eigenvalue weighted by atomic mass is 9.98. The Kier molecular flexibility index (Phi) is 24.7. The van der Waals surface area contributed by atoms with Crippen LogP contribution in [0.5, 0.6) is 0 Å². The fourth-order valence-electron chi connectivity index (χ4n) is 7.15. The Balaban J connectivity index is 1.56. The molecule has 0 aromatic rings. The molecule has 0 spiro atoms. The first kappa shape index (κ1) is 41.0. The Bertz CT molecular complexity index is 798. The molecular weight excluding hydrogens is 562 g/mol. The molecule has 1 aliphatic heterocycles. The summed E-state index contributed by atoms with van der Waals surface area (Å²) in [7, 11) is 4.40. The summed E-state index contributed by atoms with van der Waals surface area (Å²) in [5, 5.41) is 0. The third-order valence-electron chi connectivity index (χ3n) is 10.2. The lowest BCUT2D eigenvalue weighted by Crippen LogP contribution is -2.34. The fraction of sp³-hybridized carbons (Fsp3) is 0.814. The van der Waals surface area contributed by atoms with Crippen molar-refractivity contribution in [2.24, 2.45) is 0 Å². The second kappa shape index (κ2) is 27.8. The maximum Gasteiger partial charge on any atom is 0.169 e. The maximum atomic E-state index is 6.82. The van der Waals surface area contributed by atoms with Crippen molar-refractivity contribution in [2.75, 3.05) is 14.1 Å². The second-order valence-electron chi connectivity index (χ2n) is 14.7. The van der Waals surface area contributed by atoms with Crippen molar-refractivity contribution in [3.05, 3.63) is 48.6 Å². The third kappa shape index (κ3) is 19.6. The van der Waals surface area contributed by atoms with E-state index < -0.39 is 0 Å². The van der Waals surface area contributed by atoms with Crippen LogP contribution in [0.15, 0.2) is 48.6 Å². The van der Waals surface area contributed by atoms with E-state index in [1.165, 1.54) is 141 Å². The maximum absolute atomic E-state index is 6.82. The number of fused-ring (bicyclic) bond motifs is 1. The highest BCUT2D eigenvalue weighted by Crippen LogP contribution is 2.44. The molecule has 2 aliphatic rings.